The Morgan fingerprint density at radius 2 is 1.70 bits per heavy atom. The van der Waals surface area contributed by atoms with E-state index < -0.39 is 17.8 Å². The van der Waals surface area contributed by atoms with Crippen LogP contribution in [0.5, 0.6) is 11.5 Å². The number of nitrogens with zero attached hydrogens (tertiary/aromatic N) is 2. The summed E-state index contributed by atoms with van der Waals surface area (Å²) in [6.07, 6.45) is 0. The van der Waals surface area contributed by atoms with Crippen LogP contribution in [0.4, 0.5) is 5.69 Å². The van der Waals surface area contributed by atoms with Crippen molar-refractivity contribution in [3.05, 3.63) is 53.1 Å². The van der Waals surface area contributed by atoms with Crippen LogP contribution >= 0.6 is 11.6 Å². The molecule has 9 heteroatoms. The van der Waals surface area contributed by atoms with Gasteiger partial charge in [0.1, 0.15) is 13.2 Å². The standard InChI is InChI=1S/C21H19ClN2O6/c22-15-3-1-2-14(10-15)12-23-6-7-24(21(13-23)29-19(25)20(26)30-21)16-4-5-17-18(11-16)28-9-8-27-17/h1-5,10-11H,6-9,12-13H2. The van der Waals surface area contributed by atoms with Gasteiger partial charge in [-0.05, 0) is 29.8 Å². The zero-order valence-corrected chi connectivity index (χ0v) is 16.8. The smallest absolute Gasteiger partial charge is 0.422 e. The molecule has 0 radical (unpaired) electrons. The highest BCUT2D eigenvalue weighted by Crippen LogP contribution is 2.39. The number of halogens is 1. The number of esters is 2. The molecular formula is C21H19ClN2O6. The summed E-state index contributed by atoms with van der Waals surface area (Å²) in [6, 6.07) is 13.0. The Hall–Kier alpha value is -2.97. The summed E-state index contributed by atoms with van der Waals surface area (Å²) in [6.45, 7) is 2.86. The van der Waals surface area contributed by atoms with E-state index in [1.54, 1.807) is 11.0 Å². The first-order valence-electron chi connectivity index (χ1n) is 9.63. The average molecular weight is 431 g/mol. The van der Waals surface area contributed by atoms with Crippen molar-refractivity contribution in [2.24, 2.45) is 0 Å². The first kappa shape index (κ1) is 19.0. The van der Waals surface area contributed by atoms with Crippen LogP contribution in [-0.2, 0) is 25.6 Å². The number of carbonyl (C=O) groups excluding carboxylic acids is 2. The molecule has 0 amide bonds. The van der Waals surface area contributed by atoms with Crippen LogP contribution in [0.15, 0.2) is 42.5 Å². The Morgan fingerprint density at radius 1 is 0.933 bits per heavy atom. The van der Waals surface area contributed by atoms with E-state index in [9.17, 15) is 9.59 Å². The Bertz CT molecular complexity index is 997. The van der Waals surface area contributed by atoms with Gasteiger partial charge >= 0.3 is 17.8 Å². The van der Waals surface area contributed by atoms with Crippen LogP contribution in [0, 0.1) is 0 Å². The molecule has 0 aromatic heterocycles. The SMILES string of the molecule is O=C1OC2(CN(Cc3cccc(Cl)c3)CCN2c2ccc3c(c2)OCCO3)OC1=O. The van der Waals surface area contributed by atoms with Crippen LogP contribution in [0.3, 0.4) is 0 Å². The molecule has 0 saturated carbocycles. The lowest BCUT2D eigenvalue weighted by Crippen LogP contribution is -2.63. The van der Waals surface area contributed by atoms with Crippen molar-refractivity contribution in [3.8, 4) is 11.5 Å². The lowest BCUT2D eigenvalue weighted by Gasteiger charge is -2.46. The Kier molecular flexibility index (Phi) is 4.67. The van der Waals surface area contributed by atoms with Crippen molar-refractivity contribution in [1.29, 1.82) is 0 Å². The Morgan fingerprint density at radius 3 is 2.47 bits per heavy atom. The maximum atomic E-state index is 12.0. The van der Waals surface area contributed by atoms with Crippen molar-refractivity contribution in [2.75, 3.05) is 37.7 Å². The van der Waals surface area contributed by atoms with Gasteiger partial charge in [-0.1, -0.05) is 23.7 Å². The summed E-state index contributed by atoms with van der Waals surface area (Å²) in [7, 11) is 0. The molecule has 3 aliphatic heterocycles. The number of hydrogen-bond donors (Lipinski definition) is 0. The largest absolute Gasteiger partial charge is 0.486 e. The molecule has 5 rings (SSSR count). The van der Waals surface area contributed by atoms with E-state index in [0.29, 0.717) is 55.1 Å². The quantitative estimate of drug-likeness (QED) is 0.541. The number of anilines is 1. The predicted octanol–water partition coefficient (Wildman–Crippen LogP) is 2.19. The molecule has 0 bridgehead atoms. The highest BCUT2D eigenvalue weighted by Gasteiger charge is 2.56. The molecule has 8 nitrogen and oxygen atoms in total. The fourth-order valence-corrected chi connectivity index (χ4v) is 4.19. The van der Waals surface area contributed by atoms with Gasteiger partial charge in [0, 0.05) is 36.4 Å². The summed E-state index contributed by atoms with van der Waals surface area (Å²) in [5, 5.41) is 0.649. The van der Waals surface area contributed by atoms with E-state index in [1.165, 1.54) is 0 Å². The van der Waals surface area contributed by atoms with E-state index >= 15 is 0 Å². The van der Waals surface area contributed by atoms with Gasteiger partial charge in [-0.3, -0.25) is 9.80 Å². The minimum absolute atomic E-state index is 0.200. The lowest BCUT2D eigenvalue weighted by atomic mass is 10.1. The molecule has 0 aliphatic carbocycles. The summed E-state index contributed by atoms with van der Waals surface area (Å²) in [5.74, 6) is -2.27. The topological polar surface area (TPSA) is 77.5 Å². The molecule has 3 aliphatic rings. The fourth-order valence-electron chi connectivity index (χ4n) is 3.98. The number of carbonyl (C=O) groups is 2. The maximum absolute atomic E-state index is 12.0. The fraction of sp³-hybridized carbons (Fsp3) is 0.333. The van der Waals surface area contributed by atoms with Crippen LogP contribution in [0.1, 0.15) is 5.56 Å². The monoisotopic (exact) mass is 430 g/mol. The first-order valence-corrected chi connectivity index (χ1v) is 10.0. The third kappa shape index (κ3) is 3.42. The lowest BCUT2D eigenvalue weighted by molar-refractivity contribution is -0.193. The minimum Gasteiger partial charge on any atom is -0.486 e. The van der Waals surface area contributed by atoms with Gasteiger partial charge in [0.25, 0.3) is 0 Å². The van der Waals surface area contributed by atoms with E-state index in [2.05, 4.69) is 4.90 Å². The Balaban J connectivity index is 1.44. The zero-order valence-electron chi connectivity index (χ0n) is 16.0. The van der Waals surface area contributed by atoms with Crippen molar-refractivity contribution in [1.82, 2.24) is 4.90 Å². The molecule has 3 heterocycles. The second-order valence-corrected chi connectivity index (χ2v) is 7.75. The molecule has 156 valence electrons. The van der Waals surface area contributed by atoms with Crippen molar-refractivity contribution < 1.29 is 28.5 Å². The van der Waals surface area contributed by atoms with Crippen molar-refractivity contribution in [3.63, 3.8) is 0 Å². The normalized spacial score (nSPS) is 20.2. The maximum Gasteiger partial charge on any atom is 0.422 e. The summed E-state index contributed by atoms with van der Waals surface area (Å²) < 4.78 is 22.2. The van der Waals surface area contributed by atoms with Crippen LogP contribution in [-0.4, -0.2) is 55.6 Å². The molecule has 1 spiro atoms. The highest BCUT2D eigenvalue weighted by molar-refractivity contribution is 6.31. The molecule has 2 aromatic rings. The molecular weight excluding hydrogens is 412 g/mol. The number of rotatable bonds is 3. The summed E-state index contributed by atoms with van der Waals surface area (Å²) >= 11 is 6.10. The number of fused-ring (bicyclic) bond motifs is 1. The Labute approximate surface area is 177 Å². The van der Waals surface area contributed by atoms with Crippen LogP contribution in [0.2, 0.25) is 5.02 Å². The van der Waals surface area contributed by atoms with Crippen molar-refractivity contribution >= 4 is 29.2 Å². The summed E-state index contributed by atoms with van der Waals surface area (Å²) in [5.41, 5.74) is 1.73. The number of benzene rings is 2. The van der Waals surface area contributed by atoms with Gasteiger partial charge in [-0.25, -0.2) is 9.59 Å². The van der Waals surface area contributed by atoms with Crippen molar-refractivity contribution in [2.45, 2.75) is 12.5 Å². The molecule has 0 atom stereocenters. The van der Waals surface area contributed by atoms with Crippen LogP contribution < -0.4 is 14.4 Å². The van der Waals surface area contributed by atoms with E-state index in [1.807, 2.05) is 36.4 Å². The van der Waals surface area contributed by atoms with Gasteiger partial charge < -0.3 is 18.9 Å². The third-order valence-corrected chi connectivity index (χ3v) is 5.51. The minimum atomic E-state index is -1.53. The second kappa shape index (κ2) is 7.37. The summed E-state index contributed by atoms with van der Waals surface area (Å²) in [4.78, 5) is 27.8. The number of hydrogen-bond acceptors (Lipinski definition) is 8. The van der Waals surface area contributed by atoms with Crippen LogP contribution in [0.25, 0.3) is 0 Å². The van der Waals surface area contributed by atoms with E-state index in [4.69, 9.17) is 30.5 Å². The average Bonchev–Trinajstić information content (AvgIpc) is 3.01. The second-order valence-electron chi connectivity index (χ2n) is 7.31. The number of ether oxygens (including phenoxy) is 4. The molecule has 2 aromatic carbocycles. The van der Waals surface area contributed by atoms with Gasteiger partial charge in [-0.2, -0.15) is 0 Å². The third-order valence-electron chi connectivity index (χ3n) is 5.28. The zero-order chi connectivity index (χ0) is 20.7. The molecule has 0 unspecified atom stereocenters. The number of piperazine rings is 1. The van der Waals surface area contributed by atoms with E-state index in [0.717, 1.165) is 5.56 Å². The molecule has 30 heavy (non-hydrogen) atoms. The van der Waals surface area contributed by atoms with Gasteiger partial charge in [0.05, 0.1) is 6.54 Å². The predicted molar refractivity (Wildman–Crippen MR) is 106 cm³/mol. The molecule has 0 N–H and O–H groups in total. The molecule has 2 saturated heterocycles. The van der Waals surface area contributed by atoms with Gasteiger partial charge in [0.15, 0.2) is 11.5 Å². The first-order chi connectivity index (χ1) is 14.5. The van der Waals surface area contributed by atoms with Gasteiger partial charge in [0.2, 0.25) is 0 Å². The molecule has 2 fully saturated rings. The highest BCUT2D eigenvalue weighted by atomic mass is 35.5. The van der Waals surface area contributed by atoms with E-state index in [-0.39, 0.29) is 6.54 Å². The van der Waals surface area contributed by atoms with Gasteiger partial charge in [-0.15, -0.1) is 0 Å².